The van der Waals surface area contributed by atoms with E-state index in [1.807, 2.05) is 0 Å². The normalized spacial score (nSPS) is 41.0. The van der Waals surface area contributed by atoms with Gasteiger partial charge in [0.15, 0.2) is 11.5 Å². The Hall–Kier alpha value is -1.97. The number of carbonyl (C=O) groups excluding carboxylic acids is 1. The molecule has 5 fully saturated rings. The molecule has 0 bridgehead atoms. The van der Waals surface area contributed by atoms with E-state index in [1.165, 1.54) is 77.4 Å². The topological polar surface area (TPSA) is 55.8 Å². The van der Waals surface area contributed by atoms with Crippen LogP contribution in [0.15, 0.2) is 24.3 Å². The van der Waals surface area contributed by atoms with Crippen molar-refractivity contribution in [3.63, 3.8) is 0 Å². The Balaban J connectivity index is 1.14. The van der Waals surface area contributed by atoms with Crippen LogP contribution in [0.4, 0.5) is 0 Å². The van der Waals surface area contributed by atoms with Crippen molar-refractivity contribution in [2.75, 3.05) is 7.11 Å². The fraction of sp³-hybridized carbons (Fsp3) is 0.780. The van der Waals surface area contributed by atoms with Crippen molar-refractivity contribution in [2.24, 2.45) is 62.6 Å². The summed E-state index contributed by atoms with van der Waals surface area (Å²) in [7, 11) is 1.53. The monoisotopic (exact) mass is 618 g/mol. The predicted molar refractivity (Wildman–Crippen MR) is 183 cm³/mol. The van der Waals surface area contributed by atoms with Crippen molar-refractivity contribution in [3.05, 3.63) is 29.8 Å². The number of methoxy groups -OCH3 is 1. The first-order chi connectivity index (χ1) is 21.1. The minimum atomic E-state index is -0.273. The molecule has 5 aliphatic carbocycles. The summed E-state index contributed by atoms with van der Waals surface area (Å²) in [5.74, 6) is 4.99. The van der Waals surface area contributed by atoms with Crippen LogP contribution in [0.25, 0.3) is 6.08 Å². The molecule has 10 atom stereocenters. The summed E-state index contributed by atoms with van der Waals surface area (Å²) in [5.41, 5.74) is 2.65. The maximum Gasteiger partial charge on any atom is 0.331 e. The summed E-state index contributed by atoms with van der Waals surface area (Å²) in [6.07, 6.45) is 17.9. The molecule has 10 unspecified atom stereocenters. The third-order valence-corrected chi connectivity index (χ3v) is 15.9. The SMILES string of the molecule is COc1cc(C=CC(=O)OC2CCC34CC35CCC3(C)C(C(C)CCC(C)C(C)C)CCC3(C)C5CCC4C2(C)C)ccc1O. The Labute approximate surface area is 274 Å². The molecule has 4 nitrogen and oxygen atoms in total. The first kappa shape index (κ1) is 33.0. The molecule has 1 N–H and O–H groups in total. The molecule has 2 spiro atoms. The van der Waals surface area contributed by atoms with Crippen LogP contribution in [0, 0.1) is 62.6 Å². The Morgan fingerprint density at radius 3 is 2.33 bits per heavy atom. The van der Waals surface area contributed by atoms with E-state index in [4.69, 9.17) is 9.47 Å². The standard InChI is InChI=1S/C41H62O4/c1-26(2)27(3)10-11-28(4)30-18-20-39(8)34-16-15-33-37(5,6)35(19-21-40(33)25-41(34,40)23-22-38(30,39)7)45-36(43)17-13-29-12-14-31(42)32(24-29)44-9/h12-14,17,24,26-28,30,33-35,42H,10-11,15-16,18-23,25H2,1-9H3. The average Bonchev–Trinajstić information content (AvgIpc) is 3.58. The van der Waals surface area contributed by atoms with Gasteiger partial charge in [-0.2, -0.15) is 0 Å². The largest absolute Gasteiger partial charge is 0.504 e. The Morgan fingerprint density at radius 2 is 1.62 bits per heavy atom. The van der Waals surface area contributed by atoms with E-state index in [-0.39, 0.29) is 23.2 Å². The second-order valence-corrected chi connectivity index (χ2v) is 18.0. The van der Waals surface area contributed by atoms with Gasteiger partial charge in [0.2, 0.25) is 0 Å². The lowest BCUT2D eigenvalue weighted by atomic mass is 9.41. The molecule has 0 heterocycles. The first-order valence-electron chi connectivity index (χ1n) is 18.4. The second kappa shape index (κ2) is 11.3. The molecule has 4 heteroatoms. The van der Waals surface area contributed by atoms with Gasteiger partial charge in [0.05, 0.1) is 7.11 Å². The van der Waals surface area contributed by atoms with Crippen molar-refractivity contribution in [1.82, 2.24) is 0 Å². The van der Waals surface area contributed by atoms with E-state index in [0.29, 0.717) is 33.3 Å². The Kier molecular flexibility index (Phi) is 8.30. The summed E-state index contributed by atoms with van der Waals surface area (Å²) < 4.78 is 11.5. The highest BCUT2D eigenvalue weighted by molar-refractivity contribution is 5.87. The molecule has 45 heavy (non-hydrogen) atoms. The molecule has 0 saturated heterocycles. The van der Waals surface area contributed by atoms with Gasteiger partial charge in [-0.15, -0.1) is 0 Å². The quantitative estimate of drug-likeness (QED) is 0.221. The van der Waals surface area contributed by atoms with Crippen LogP contribution in [0.5, 0.6) is 11.5 Å². The van der Waals surface area contributed by atoms with Gasteiger partial charge in [-0.25, -0.2) is 4.79 Å². The summed E-state index contributed by atoms with van der Waals surface area (Å²) >= 11 is 0. The predicted octanol–water partition coefficient (Wildman–Crippen LogP) is 10.5. The Morgan fingerprint density at radius 1 is 0.911 bits per heavy atom. The summed E-state index contributed by atoms with van der Waals surface area (Å²) in [4.78, 5) is 13.1. The lowest BCUT2D eigenvalue weighted by Gasteiger charge is -2.63. The number of carbonyl (C=O) groups is 1. The summed E-state index contributed by atoms with van der Waals surface area (Å²) in [6, 6.07) is 5.09. The fourth-order valence-electron chi connectivity index (χ4n) is 12.7. The number of rotatable bonds is 9. The minimum Gasteiger partial charge on any atom is -0.504 e. The van der Waals surface area contributed by atoms with Gasteiger partial charge in [-0.05, 0) is 139 Å². The van der Waals surface area contributed by atoms with Crippen LogP contribution in [-0.2, 0) is 9.53 Å². The maximum absolute atomic E-state index is 13.1. The highest BCUT2D eigenvalue weighted by Crippen LogP contribution is 2.89. The highest BCUT2D eigenvalue weighted by Gasteiger charge is 2.82. The summed E-state index contributed by atoms with van der Waals surface area (Å²) in [6.45, 7) is 20.1. The number of aromatic hydroxyl groups is 1. The Bertz CT molecular complexity index is 1310. The molecule has 250 valence electrons. The van der Waals surface area contributed by atoms with E-state index >= 15 is 0 Å². The number of hydrogen-bond acceptors (Lipinski definition) is 4. The third kappa shape index (κ3) is 4.92. The molecule has 6 rings (SSSR count). The zero-order chi connectivity index (χ0) is 32.6. The highest BCUT2D eigenvalue weighted by atomic mass is 16.5. The van der Waals surface area contributed by atoms with E-state index in [2.05, 4.69) is 55.4 Å². The van der Waals surface area contributed by atoms with E-state index in [1.54, 1.807) is 24.3 Å². The number of ether oxygens (including phenoxy) is 2. The molecular weight excluding hydrogens is 556 g/mol. The number of phenolic OH excluding ortho intramolecular Hbond substituents is 1. The number of esters is 1. The molecule has 1 aromatic rings. The van der Waals surface area contributed by atoms with E-state index in [9.17, 15) is 9.90 Å². The molecule has 0 aromatic heterocycles. The number of hydrogen-bond donors (Lipinski definition) is 1. The zero-order valence-electron chi connectivity index (χ0n) is 29.9. The van der Waals surface area contributed by atoms with Crippen LogP contribution in [0.2, 0.25) is 0 Å². The van der Waals surface area contributed by atoms with Crippen LogP contribution in [0.1, 0.15) is 132 Å². The van der Waals surface area contributed by atoms with Gasteiger partial charge in [0.25, 0.3) is 0 Å². The molecule has 5 saturated carbocycles. The van der Waals surface area contributed by atoms with Crippen molar-refractivity contribution in [2.45, 2.75) is 132 Å². The number of fused-ring (bicyclic) bond motifs is 2. The lowest BCUT2D eigenvalue weighted by molar-refractivity contribution is -0.179. The first-order valence-corrected chi connectivity index (χ1v) is 18.4. The minimum absolute atomic E-state index is 0.0283. The summed E-state index contributed by atoms with van der Waals surface area (Å²) in [5, 5.41) is 9.89. The molecule has 5 aliphatic rings. The number of benzene rings is 1. The average molecular weight is 619 g/mol. The maximum atomic E-state index is 13.1. The van der Waals surface area contributed by atoms with Crippen LogP contribution in [-0.4, -0.2) is 24.3 Å². The van der Waals surface area contributed by atoms with Crippen LogP contribution >= 0.6 is 0 Å². The molecular formula is C41H62O4. The van der Waals surface area contributed by atoms with Gasteiger partial charge in [-0.3, -0.25) is 0 Å². The second-order valence-electron chi connectivity index (χ2n) is 18.0. The van der Waals surface area contributed by atoms with E-state index < -0.39 is 0 Å². The van der Waals surface area contributed by atoms with Gasteiger partial charge >= 0.3 is 5.97 Å². The fourth-order valence-corrected chi connectivity index (χ4v) is 12.7. The molecule has 1 aromatic carbocycles. The van der Waals surface area contributed by atoms with Gasteiger partial charge < -0.3 is 14.6 Å². The van der Waals surface area contributed by atoms with Crippen molar-refractivity contribution < 1.29 is 19.4 Å². The van der Waals surface area contributed by atoms with Crippen molar-refractivity contribution in [3.8, 4) is 11.5 Å². The smallest absolute Gasteiger partial charge is 0.331 e. The molecule has 0 radical (unpaired) electrons. The van der Waals surface area contributed by atoms with Crippen LogP contribution < -0.4 is 4.74 Å². The van der Waals surface area contributed by atoms with Crippen LogP contribution in [0.3, 0.4) is 0 Å². The third-order valence-electron chi connectivity index (χ3n) is 15.9. The van der Waals surface area contributed by atoms with Gasteiger partial charge in [0.1, 0.15) is 6.10 Å². The molecule has 0 amide bonds. The van der Waals surface area contributed by atoms with E-state index in [0.717, 1.165) is 41.6 Å². The number of phenols is 1. The van der Waals surface area contributed by atoms with Gasteiger partial charge in [0, 0.05) is 11.5 Å². The van der Waals surface area contributed by atoms with Crippen molar-refractivity contribution in [1.29, 1.82) is 0 Å². The molecule has 0 aliphatic heterocycles. The van der Waals surface area contributed by atoms with Gasteiger partial charge in [-0.1, -0.05) is 74.3 Å². The zero-order valence-corrected chi connectivity index (χ0v) is 29.9. The lowest BCUT2D eigenvalue weighted by Crippen LogP contribution is -2.58. The van der Waals surface area contributed by atoms with Crippen molar-refractivity contribution >= 4 is 12.0 Å².